The van der Waals surface area contributed by atoms with Gasteiger partial charge in [-0.05, 0) is 13.8 Å². The van der Waals surface area contributed by atoms with Gasteiger partial charge in [-0.3, -0.25) is 0 Å². The van der Waals surface area contributed by atoms with Crippen LogP contribution in [0.5, 0.6) is 0 Å². The summed E-state index contributed by atoms with van der Waals surface area (Å²) in [5.41, 5.74) is 1.31. The molecule has 0 amide bonds. The minimum absolute atomic E-state index is 0.126. The summed E-state index contributed by atoms with van der Waals surface area (Å²) in [6, 6.07) is 0. The van der Waals surface area contributed by atoms with Gasteiger partial charge in [-0.2, -0.15) is 13.2 Å². The van der Waals surface area contributed by atoms with Crippen LogP contribution in [0.4, 0.5) is 13.2 Å². The summed E-state index contributed by atoms with van der Waals surface area (Å²) in [4.78, 5) is 0. The van der Waals surface area contributed by atoms with Crippen molar-refractivity contribution in [2.75, 3.05) is 6.54 Å². The Morgan fingerprint density at radius 3 is 2.43 bits per heavy atom. The second kappa shape index (κ2) is 4.00. The first kappa shape index (κ1) is 11.0. The van der Waals surface area contributed by atoms with E-state index in [2.05, 4.69) is 10.5 Å². The maximum absolute atomic E-state index is 11.8. The van der Waals surface area contributed by atoms with Gasteiger partial charge < -0.3 is 9.84 Å². The van der Waals surface area contributed by atoms with Crippen molar-refractivity contribution in [2.45, 2.75) is 26.6 Å². The maximum atomic E-state index is 11.8. The van der Waals surface area contributed by atoms with Gasteiger partial charge in [-0.1, -0.05) is 5.16 Å². The molecule has 0 radical (unpaired) electrons. The average molecular weight is 208 g/mol. The monoisotopic (exact) mass is 208 g/mol. The number of hydrogen-bond acceptors (Lipinski definition) is 3. The second-order valence-electron chi connectivity index (χ2n) is 3.02. The van der Waals surface area contributed by atoms with Crippen molar-refractivity contribution in [3.63, 3.8) is 0 Å². The number of nitrogens with zero attached hydrogens (tertiary/aromatic N) is 1. The van der Waals surface area contributed by atoms with E-state index in [4.69, 9.17) is 4.52 Å². The fraction of sp³-hybridized carbons (Fsp3) is 0.625. The highest BCUT2D eigenvalue weighted by molar-refractivity contribution is 5.20. The van der Waals surface area contributed by atoms with Crippen molar-refractivity contribution in [3.8, 4) is 0 Å². The number of aryl methyl sites for hydroxylation is 2. The smallest absolute Gasteiger partial charge is 0.361 e. The van der Waals surface area contributed by atoms with E-state index >= 15 is 0 Å². The molecule has 0 aliphatic heterocycles. The summed E-state index contributed by atoms with van der Waals surface area (Å²) in [6.07, 6.45) is -4.18. The van der Waals surface area contributed by atoms with Gasteiger partial charge >= 0.3 is 6.18 Å². The summed E-state index contributed by atoms with van der Waals surface area (Å²) < 4.78 is 40.2. The van der Waals surface area contributed by atoms with Crippen LogP contribution in [0.3, 0.4) is 0 Å². The van der Waals surface area contributed by atoms with E-state index < -0.39 is 12.7 Å². The molecule has 1 aromatic rings. The van der Waals surface area contributed by atoms with Crippen molar-refractivity contribution in [3.05, 3.63) is 17.0 Å². The predicted octanol–water partition coefficient (Wildman–Crippen LogP) is 1.94. The molecule has 1 aromatic heterocycles. The molecule has 0 aliphatic carbocycles. The first-order valence-corrected chi connectivity index (χ1v) is 4.09. The molecule has 1 N–H and O–H groups in total. The van der Waals surface area contributed by atoms with Gasteiger partial charge in [-0.25, -0.2) is 0 Å². The molecule has 0 saturated heterocycles. The standard InChI is InChI=1S/C8H11F3N2O/c1-5-7(6(2)14-13-5)3-12-4-8(9,10)11/h12H,3-4H2,1-2H3. The highest BCUT2D eigenvalue weighted by Crippen LogP contribution is 2.14. The predicted molar refractivity (Wildman–Crippen MR) is 43.7 cm³/mol. The van der Waals surface area contributed by atoms with Crippen LogP contribution < -0.4 is 5.32 Å². The van der Waals surface area contributed by atoms with Crippen LogP contribution in [-0.4, -0.2) is 17.9 Å². The molecule has 3 nitrogen and oxygen atoms in total. The average Bonchev–Trinajstić information content (AvgIpc) is 2.33. The van der Waals surface area contributed by atoms with Gasteiger partial charge in [0.05, 0.1) is 12.2 Å². The fourth-order valence-electron chi connectivity index (χ4n) is 1.08. The van der Waals surface area contributed by atoms with Gasteiger partial charge in [0.15, 0.2) is 0 Å². The molecule has 6 heteroatoms. The van der Waals surface area contributed by atoms with Crippen LogP contribution in [0.1, 0.15) is 17.0 Å². The first-order valence-electron chi connectivity index (χ1n) is 4.09. The third-order valence-corrected chi connectivity index (χ3v) is 1.81. The molecule has 1 heterocycles. The lowest BCUT2D eigenvalue weighted by Crippen LogP contribution is -2.28. The van der Waals surface area contributed by atoms with E-state index in [0.29, 0.717) is 17.0 Å². The Bertz CT molecular complexity index is 287. The summed E-state index contributed by atoms with van der Waals surface area (Å²) >= 11 is 0. The Hall–Kier alpha value is -1.04. The normalized spacial score (nSPS) is 12.1. The van der Waals surface area contributed by atoms with E-state index in [-0.39, 0.29) is 6.54 Å². The molecular weight excluding hydrogens is 197 g/mol. The van der Waals surface area contributed by atoms with Crippen molar-refractivity contribution in [1.29, 1.82) is 0 Å². The molecule has 0 spiro atoms. The Morgan fingerprint density at radius 2 is 2.00 bits per heavy atom. The zero-order valence-corrected chi connectivity index (χ0v) is 7.90. The first-order chi connectivity index (χ1) is 6.40. The third-order valence-electron chi connectivity index (χ3n) is 1.81. The van der Waals surface area contributed by atoms with Gasteiger partial charge in [0.2, 0.25) is 0 Å². The third kappa shape index (κ3) is 3.02. The Balaban J connectivity index is 2.46. The molecule has 0 fully saturated rings. The molecule has 0 aliphatic rings. The zero-order chi connectivity index (χ0) is 10.8. The van der Waals surface area contributed by atoms with Gasteiger partial charge in [-0.15, -0.1) is 0 Å². The zero-order valence-electron chi connectivity index (χ0n) is 7.90. The highest BCUT2D eigenvalue weighted by Gasteiger charge is 2.26. The van der Waals surface area contributed by atoms with Gasteiger partial charge in [0, 0.05) is 12.1 Å². The lowest BCUT2D eigenvalue weighted by Gasteiger charge is -2.07. The van der Waals surface area contributed by atoms with E-state index in [9.17, 15) is 13.2 Å². The maximum Gasteiger partial charge on any atom is 0.401 e. The molecule has 1 rings (SSSR count). The summed E-state index contributed by atoms with van der Waals surface area (Å²) in [7, 11) is 0. The molecule has 0 atom stereocenters. The highest BCUT2D eigenvalue weighted by atomic mass is 19.4. The van der Waals surface area contributed by atoms with Crippen LogP contribution in [0.15, 0.2) is 4.52 Å². The number of alkyl halides is 3. The van der Waals surface area contributed by atoms with Crippen molar-refractivity contribution >= 4 is 0 Å². The van der Waals surface area contributed by atoms with Crippen molar-refractivity contribution in [1.82, 2.24) is 10.5 Å². The van der Waals surface area contributed by atoms with E-state index in [0.717, 1.165) is 0 Å². The number of halogens is 3. The SMILES string of the molecule is Cc1noc(C)c1CNCC(F)(F)F. The van der Waals surface area contributed by atoms with E-state index in [1.807, 2.05) is 0 Å². The number of rotatable bonds is 3. The minimum atomic E-state index is -4.18. The van der Waals surface area contributed by atoms with Crippen LogP contribution in [0, 0.1) is 13.8 Å². The van der Waals surface area contributed by atoms with Crippen molar-refractivity contribution in [2.24, 2.45) is 0 Å². The van der Waals surface area contributed by atoms with Gasteiger partial charge in [0.1, 0.15) is 5.76 Å². The molecule has 80 valence electrons. The van der Waals surface area contributed by atoms with Gasteiger partial charge in [0.25, 0.3) is 0 Å². The fourth-order valence-corrected chi connectivity index (χ4v) is 1.08. The largest absolute Gasteiger partial charge is 0.401 e. The molecule has 0 saturated carbocycles. The van der Waals surface area contributed by atoms with Crippen molar-refractivity contribution < 1.29 is 17.7 Å². The van der Waals surface area contributed by atoms with Crippen LogP contribution in [-0.2, 0) is 6.54 Å². The van der Waals surface area contributed by atoms with E-state index in [1.54, 1.807) is 13.8 Å². The molecular formula is C8H11F3N2O. The number of aromatic nitrogens is 1. The quantitative estimate of drug-likeness (QED) is 0.824. The Labute approximate surface area is 79.3 Å². The summed E-state index contributed by atoms with van der Waals surface area (Å²) in [5.74, 6) is 0.553. The Morgan fingerprint density at radius 1 is 1.36 bits per heavy atom. The second-order valence-corrected chi connectivity index (χ2v) is 3.02. The lowest BCUT2D eigenvalue weighted by atomic mass is 10.2. The molecule has 0 bridgehead atoms. The Kier molecular flexibility index (Phi) is 3.15. The minimum Gasteiger partial charge on any atom is -0.361 e. The number of hydrogen-bond donors (Lipinski definition) is 1. The number of nitrogens with one attached hydrogen (secondary N) is 1. The lowest BCUT2D eigenvalue weighted by molar-refractivity contribution is -0.125. The van der Waals surface area contributed by atoms with Crippen LogP contribution >= 0.6 is 0 Å². The molecule has 14 heavy (non-hydrogen) atoms. The van der Waals surface area contributed by atoms with E-state index in [1.165, 1.54) is 0 Å². The molecule has 0 aromatic carbocycles. The van der Waals surface area contributed by atoms with Crippen LogP contribution in [0.2, 0.25) is 0 Å². The summed E-state index contributed by atoms with van der Waals surface area (Å²) in [5, 5.41) is 5.92. The summed E-state index contributed by atoms with van der Waals surface area (Å²) in [6.45, 7) is 2.49. The molecule has 0 unspecified atom stereocenters. The topological polar surface area (TPSA) is 38.1 Å². The van der Waals surface area contributed by atoms with Crippen LogP contribution in [0.25, 0.3) is 0 Å².